The van der Waals surface area contributed by atoms with Gasteiger partial charge in [-0.05, 0) is 55.8 Å². The molecule has 0 aliphatic carbocycles. The van der Waals surface area contributed by atoms with Gasteiger partial charge in [0.15, 0.2) is 0 Å². The second-order valence-corrected chi connectivity index (χ2v) is 8.93. The molecule has 7 nitrogen and oxygen atoms in total. The Morgan fingerprint density at radius 2 is 1.73 bits per heavy atom. The molecule has 0 fully saturated rings. The Kier molecular flexibility index (Phi) is 7.78. The fraction of sp³-hybridized carbons (Fsp3) is 0.167. The van der Waals surface area contributed by atoms with Crippen LogP contribution in [-0.4, -0.2) is 33.7 Å². The van der Waals surface area contributed by atoms with Crippen LogP contribution in [0.3, 0.4) is 0 Å². The summed E-state index contributed by atoms with van der Waals surface area (Å²) in [7, 11) is -4.09. The molecule has 0 aliphatic heterocycles. The lowest BCUT2D eigenvalue weighted by atomic mass is 10.2. The number of sulfonamides is 1. The molecule has 3 aromatic rings. The molecule has 0 atom stereocenters. The number of hydrazone groups is 1. The Morgan fingerprint density at radius 3 is 2.39 bits per heavy atom. The number of hydrogen-bond acceptors (Lipinski definition) is 5. The number of benzene rings is 3. The maximum Gasteiger partial charge on any atom is 0.264 e. The average molecular weight is 470 g/mol. The number of amides is 1. The lowest BCUT2D eigenvalue weighted by Crippen LogP contribution is -2.39. The summed E-state index contributed by atoms with van der Waals surface area (Å²) >= 11 is 0. The number of carbonyl (C=O) groups is 1. The maximum absolute atomic E-state index is 13.5. The first-order valence-electron chi connectivity index (χ1n) is 10.2. The fourth-order valence-electron chi connectivity index (χ4n) is 2.97. The van der Waals surface area contributed by atoms with Crippen molar-refractivity contribution in [2.24, 2.45) is 5.10 Å². The molecule has 0 saturated heterocycles. The zero-order valence-corrected chi connectivity index (χ0v) is 19.0. The number of nitrogens with one attached hydrogen (secondary N) is 1. The van der Waals surface area contributed by atoms with Gasteiger partial charge in [0.05, 0.1) is 23.4 Å². The van der Waals surface area contributed by atoms with Gasteiger partial charge in [-0.15, -0.1) is 0 Å². The van der Waals surface area contributed by atoms with Crippen LogP contribution in [0.4, 0.5) is 10.1 Å². The van der Waals surface area contributed by atoms with Crippen molar-refractivity contribution in [2.75, 3.05) is 17.5 Å². The zero-order valence-electron chi connectivity index (χ0n) is 18.2. The Hall–Kier alpha value is -3.72. The molecular weight excluding hydrogens is 445 g/mol. The van der Waals surface area contributed by atoms with E-state index in [9.17, 15) is 17.6 Å². The van der Waals surface area contributed by atoms with E-state index in [1.54, 1.807) is 43.3 Å². The first-order valence-corrected chi connectivity index (χ1v) is 11.6. The number of ether oxygens (including phenoxy) is 1. The highest BCUT2D eigenvalue weighted by Gasteiger charge is 2.29. The highest BCUT2D eigenvalue weighted by Crippen LogP contribution is 2.32. The number of halogens is 1. The van der Waals surface area contributed by atoms with E-state index < -0.39 is 22.5 Å². The Balaban J connectivity index is 1.89. The molecule has 0 radical (unpaired) electrons. The van der Waals surface area contributed by atoms with Crippen LogP contribution < -0.4 is 14.5 Å². The molecule has 0 unspecified atom stereocenters. The summed E-state index contributed by atoms with van der Waals surface area (Å²) < 4.78 is 46.6. The van der Waals surface area contributed by atoms with Crippen LogP contribution in [0.1, 0.15) is 18.1 Å². The molecule has 3 aromatic carbocycles. The van der Waals surface area contributed by atoms with Gasteiger partial charge in [0.25, 0.3) is 15.9 Å². The number of hydrogen-bond donors (Lipinski definition) is 1. The summed E-state index contributed by atoms with van der Waals surface area (Å²) in [5.41, 5.74) is 4.03. The van der Waals surface area contributed by atoms with Crippen molar-refractivity contribution >= 4 is 27.8 Å². The number of para-hydroxylation sites is 2. The van der Waals surface area contributed by atoms with E-state index >= 15 is 0 Å². The van der Waals surface area contributed by atoms with E-state index in [1.807, 2.05) is 6.92 Å². The molecular formula is C24H24FN3O4S. The number of aryl methyl sites for hydroxylation is 1. The van der Waals surface area contributed by atoms with E-state index in [-0.39, 0.29) is 16.4 Å². The molecule has 3 rings (SSSR count). The van der Waals surface area contributed by atoms with E-state index in [2.05, 4.69) is 10.5 Å². The lowest BCUT2D eigenvalue weighted by Gasteiger charge is -2.25. The minimum Gasteiger partial charge on any atom is -0.492 e. The first-order chi connectivity index (χ1) is 15.8. The predicted octanol–water partition coefficient (Wildman–Crippen LogP) is 3.88. The van der Waals surface area contributed by atoms with Crippen molar-refractivity contribution in [3.8, 4) is 5.75 Å². The summed E-state index contributed by atoms with van der Waals surface area (Å²) in [6.07, 6.45) is 1.34. The van der Waals surface area contributed by atoms with Crippen molar-refractivity contribution < 1.29 is 22.3 Å². The van der Waals surface area contributed by atoms with Gasteiger partial charge < -0.3 is 4.74 Å². The number of carbonyl (C=O) groups excluding carboxylic acids is 1. The molecule has 1 amide bonds. The van der Waals surface area contributed by atoms with Crippen molar-refractivity contribution in [1.82, 2.24) is 5.43 Å². The number of rotatable bonds is 9. The molecule has 0 saturated carbocycles. The minimum atomic E-state index is -4.09. The Morgan fingerprint density at radius 1 is 1.06 bits per heavy atom. The molecule has 0 spiro atoms. The molecule has 0 bridgehead atoms. The Labute approximate surface area is 192 Å². The SMILES string of the molecule is CCOc1ccccc1N(CC(=O)N/N=C\c1ccc(F)cc1)S(=O)(=O)c1ccc(C)cc1. The van der Waals surface area contributed by atoms with Crippen molar-refractivity contribution in [2.45, 2.75) is 18.7 Å². The largest absolute Gasteiger partial charge is 0.492 e. The van der Waals surface area contributed by atoms with Crippen LogP contribution in [0.5, 0.6) is 5.75 Å². The van der Waals surface area contributed by atoms with Gasteiger partial charge >= 0.3 is 0 Å². The van der Waals surface area contributed by atoms with Crippen LogP contribution >= 0.6 is 0 Å². The van der Waals surface area contributed by atoms with E-state index in [1.165, 1.54) is 42.6 Å². The van der Waals surface area contributed by atoms with Crippen molar-refractivity contribution in [3.63, 3.8) is 0 Å². The van der Waals surface area contributed by atoms with Crippen LogP contribution in [0.2, 0.25) is 0 Å². The van der Waals surface area contributed by atoms with Gasteiger partial charge in [-0.1, -0.05) is 42.0 Å². The molecule has 33 heavy (non-hydrogen) atoms. The average Bonchev–Trinajstić information content (AvgIpc) is 2.80. The minimum absolute atomic E-state index is 0.0435. The molecule has 1 N–H and O–H groups in total. The third-order valence-corrected chi connectivity index (χ3v) is 6.38. The highest BCUT2D eigenvalue weighted by atomic mass is 32.2. The second-order valence-electron chi connectivity index (χ2n) is 7.07. The highest BCUT2D eigenvalue weighted by molar-refractivity contribution is 7.92. The lowest BCUT2D eigenvalue weighted by molar-refractivity contribution is -0.119. The van der Waals surface area contributed by atoms with Gasteiger partial charge in [-0.2, -0.15) is 5.10 Å². The normalized spacial score (nSPS) is 11.4. The summed E-state index contributed by atoms with van der Waals surface area (Å²) in [6.45, 7) is 3.43. The summed E-state index contributed by atoms with van der Waals surface area (Å²) in [6, 6.07) is 18.5. The third kappa shape index (κ3) is 6.17. The number of anilines is 1. The quantitative estimate of drug-likeness (QED) is 0.381. The van der Waals surface area contributed by atoms with Gasteiger partial charge in [0.2, 0.25) is 0 Å². The van der Waals surface area contributed by atoms with E-state index in [4.69, 9.17) is 4.74 Å². The zero-order chi connectivity index (χ0) is 23.8. The monoisotopic (exact) mass is 469 g/mol. The smallest absolute Gasteiger partial charge is 0.264 e. The van der Waals surface area contributed by atoms with Crippen LogP contribution in [0, 0.1) is 12.7 Å². The van der Waals surface area contributed by atoms with Gasteiger partial charge in [-0.25, -0.2) is 18.2 Å². The molecule has 0 heterocycles. The summed E-state index contributed by atoms with van der Waals surface area (Å²) in [5.74, 6) is -0.713. The van der Waals surface area contributed by atoms with Crippen molar-refractivity contribution in [3.05, 3.63) is 89.7 Å². The van der Waals surface area contributed by atoms with Crippen LogP contribution in [-0.2, 0) is 14.8 Å². The van der Waals surface area contributed by atoms with Crippen LogP contribution in [0.15, 0.2) is 82.8 Å². The first kappa shape index (κ1) is 23.9. The number of nitrogens with zero attached hydrogens (tertiary/aromatic N) is 2. The van der Waals surface area contributed by atoms with Crippen LogP contribution in [0.25, 0.3) is 0 Å². The van der Waals surface area contributed by atoms with Gasteiger partial charge in [0, 0.05) is 0 Å². The summed E-state index contributed by atoms with van der Waals surface area (Å²) in [4.78, 5) is 12.7. The third-order valence-electron chi connectivity index (χ3n) is 4.60. The summed E-state index contributed by atoms with van der Waals surface area (Å²) in [5, 5.41) is 3.84. The molecule has 172 valence electrons. The topological polar surface area (TPSA) is 88.1 Å². The molecule has 0 aromatic heterocycles. The van der Waals surface area contributed by atoms with Gasteiger partial charge in [0.1, 0.15) is 18.1 Å². The fourth-order valence-corrected chi connectivity index (χ4v) is 4.40. The predicted molar refractivity (Wildman–Crippen MR) is 125 cm³/mol. The second kappa shape index (κ2) is 10.7. The van der Waals surface area contributed by atoms with Gasteiger partial charge in [-0.3, -0.25) is 9.10 Å². The maximum atomic E-state index is 13.5. The van der Waals surface area contributed by atoms with Crippen molar-refractivity contribution in [1.29, 1.82) is 0 Å². The van der Waals surface area contributed by atoms with E-state index in [0.717, 1.165) is 9.87 Å². The standard InChI is InChI=1S/C24H24FN3O4S/c1-3-32-23-7-5-4-6-22(23)28(33(30,31)21-14-8-18(2)9-15-21)17-24(29)27-26-16-19-10-12-20(25)13-11-19/h4-16H,3,17H2,1-2H3,(H,27,29)/b26-16-. The molecule has 0 aliphatic rings. The Bertz CT molecular complexity index is 1230. The molecule has 9 heteroatoms. The van der Waals surface area contributed by atoms with E-state index in [0.29, 0.717) is 17.9 Å².